The summed E-state index contributed by atoms with van der Waals surface area (Å²) in [5.41, 5.74) is 2.37. The monoisotopic (exact) mass is 386 g/mol. The van der Waals surface area contributed by atoms with E-state index in [-0.39, 0.29) is 5.91 Å². The van der Waals surface area contributed by atoms with Crippen molar-refractivity contribution >= 4 is 23.2 Å². The molecule has 3 rings (SSSR count). The van der Waals surface area contributed by atoms with E-state index in [4.69, 9.17) is 0 Å². The van der Waals surface area contributed by atoms with E-state index in [2.05, 4.69) is 33.2 Å². The number of nitrogens with zero attached hydrogens (tertiary/aromatic N) is 1. The average Bonchev–Trinajstić information content (AvgIpc) is 3.05. The van der Waals surface area contributed by atoms with Crippen LogP contribution in [0.2, 0.25) is 0 Å². The van der Waals surface area contributed by atoms with Crippen molar-refractivity contribution in [3.63, 3.8) is 0 Å². The topological polar surface area (TPSA) is 58.6 Å². The largest absolute Gasteiger partial charge is 0.465 e. The van der Waals surface area contributed by atoms with Crippen LogP contribution in [0.25, 0.3) is 0 Å². The van der Waals surface area contributed by atoms with Crippen molar-refractivity contribution in [3.8, 4) is 0 Å². The predicted molar refractivity (Wildman–Crippen MR) is 107 cm³/mol. The van der Waals surface area contributed by atoms with Gasteiger partial charge in [-0.25, -0.2) is 4.79 Å². The van der Waals surface area contributed by atoms with E-state index >= 15 is 0 Å². The van der Waals surface area contributed by atoms with E-state index in [0.29, 0.717) is 16.3 Å². The fraction of sp³-hybridized carbons (Fsp3) is 0.429. The molecule has 0 spiro atoms. The SMILES string of the molecule is COC(=O)c1ccc(C(=O)NCc2cccc(CN3CCCCCC3)c2)s1. The second-order valence-electron chi connectivity index (χ2n) is 6.85. The Bertz CT molecular complexity index is 779. The van der Waals surface area contributed by atoms with Crippen LogP contribution >= 0.6 is 11.3 Å². The molecule has 2 heterocycles. The highest BCUT2D eigenvalue weighted by molar-refractivity contribution is 7.15. The minimum Gasteiger partial charge on any atom is -0.465 e. The summed E-state index contributed by atoms with van der Waals surface area (Å²) in [6.45, 7) is 3.77. The van der Waals surface area contributed by atoms with Crippen LogP contribution in [-0.4, -0.2) is 37.0 Å². The molecule has 1 aliphatic rings. The van der Waals surface area contributed by atoms with Crippen LogP contribution in [-0.2, 0) is 17.8 Å². The van der Waals surface area contributed by atoms with Crippen LogP contribution in [0.1, 0.15) is 56.2 Å². The van der Waals surface area contributed by atoms with Gasteiger partial charge in [0.15, 0.2) is 0 Å². The molecule has 27 heavy (non-hydrogen) atoms. The summed E-state index contributed by atoms with van der Waals surface area (Å²) < 4.78 is 4.68. The Morgan fingerprint density at radius 1 is 1.04 bits per heavy atom. The standard InChI is InChI=1S/C21H26N2O3S/c1-26-21(25)19-10-9-18(27-19)20(24)22-14-16-7-6-8-17(13-16)15-23-11-4-2-3-5-12-23/h6-10,13H,2-5,11-12,14-15H2,1H3,(H,22,24). The van der Waals surface area contributed by atoms with Crippen molar-refractivity contribution in [2.24, 2.45) is 0 Å². The maximum atomic E-state index is 12.3. The lowest BCUT2D eigenvalue weighted by atomic mass is 10.1. The average molecular weight is 387 g/mol. The zero-order valence-electron chi connectivity index (χ0n) is 15.7. The summed E-state index contributed by atoms with van der Waals surface area (Å²) in [5, 5.41) is 2.93. The van der Waals surface area contributed by atoms with E-state index in [9.17, 15) is 9.59 Å². The number of benzene rings is 1. The highest BCUT2D eigenvalue weighted by atomic mass is 32.1. The van der Waals surface area contributed by atoms with E-state index < -0.39 is 5.97 Å². The van der Waals surface area contributed by atoms with Gasteiger partial charge < -0.3 is 10.1 Å². The third-order valence-corrected chi connectivity index (χ3v) is 5.83. The molecule has 0 radical (unpaired) electrons. The van der Waals surface area contributed by atoms with Gasteiger partial charge in [0.05, 0.1) is 12.0 Å². The number of carbonyl (C=O) groups excluding carboxylic acids is 2. The van der Waals surface area contributed by atoms with E-state index in [0.717, 1.165) is 23.4 Å². The summed E-state index contributed by atoms with van der Waals surface area (Å²) >= 11 is 1.14. The first kappa shape index (κ1) is 19.6. The van der Waals surface area contributed by atoms with Crippen LogP contribution in [0.3, 0.4) is 0 Å². The number of thiophene rings is 1. The van der Waals surface area contributed by atoms with Gasteiger partial charge in [0.1, 0.15) is 4.88 Å². The summed E-state index contributed by atoms with van der Waals surface area (Å²) in [5.74, 6) is -0.590. The number of esters is 1. The first-order chi connectivity index (χ1) is 13.2. The third kappa shape index (κ3) is 5.65. The maximum Gasteiger partial charge on any atom is 0.348 e. The maximum absolute atomic E-state index is 12.3. The lowest BCUT2D eigenvalue weighted by molar-refractivity contribution is 0.0606. The smallest absolute Gasteiger partial charge is 0.348 e. The van der Waals surface area contributed by atoms with Crippen LogP contribution in [0, 0.1) is 0 Å². The Labute approximate surface area is 164 Å². The van der Waals surface area contributed by atoms with Crippen molar-refractivity contribution in [2.75, 3.05) is 20.2 Å². The minimum absolute atomic E-state index is 0.173. The highest BCUT2D eigenvalue weighted by Crippen LogP contribution is 2.18. The van der Waals surface area contributed by atoms with Gasteiger partial charge >= 0.3 is 5.97 Å². The Hall–Kier alpha value is -2.18. The van der Waals surface area contributed by atoms with Gasteiger partial charge in [-0.3, -0.25) is 9.69 Å². The fourth-order valence-electron chi connectivity index (χ4n) is 3.33. The molecule has 1 aliphatic heterocycles. The van der Waals surface area contributed by atoms with Gasteiger partial charge in [0.25, 0.3) is 5.91 Å². The Morgan fingerprint density at radius 3 is 2.48 bits per heavy atom. The zero-order valence-corrected chi connectivity index (χ0v) is 16.5. The first-order valence-corrected chi connectivity index (χ1v) is 10.2. The fourth-order valence-corrected chi connectivity index (χ4v) is 4.17. The third-order valence-electron chi connectivity index (χ3n) is 4.77. The number of carbonyl (C=O) groups is 2. The molecule has 0 unspecified atom stereocenters. The van der Waals surface area contributed by atoms with Crippen molar-refractivity contribution in [2.45, 2.75) is 38.8 Å². The second kappa shape index (κ2) is 9.67. The molecule has 0 aliphatic carbocycles. The molecule has 6 heteroatoms. The summed E-state index contributed by atoms with van der Waals surface area (Å²) in [6, 6.07) is 11.7. The molecule has 1 aromatic carbocycles. The summed E-state index contributed by atoms with van der Waals surface area (Å²) in [4.78, 5) is 27.3. The number of amides is 1. The Kier molecular flexibility index (Phi) is 7.01. The first-order valence-electron chi connectivity index (χ1n) is 9.42. The molecule has 1 N–H and O–H groups in total. The lowest BCUT2D eigenvalue weighted by Crippen LogP contribution is -2.24. The molecule has 1 aromatic heterocycles. The lowest BCUT2D eigenvalue weighted by Gasteiger charge is -2.20. The molecular weight excluding hydrogens is 360 g/mol. The number of ether oxygens (including phenoxy) is 1. The van der Waals surface area contributed by atoms with E-state index in [1.807, 2.05) is 6.07 Å². The summed E-state index contributed by atoms with van der Waals surface area (Å²) in [7, 11) is 1.33. The quantitative estimate of drug-likeness (QED) is 0.767. The number of hydrogen-bond acceptors (Lipinski definition) is 5. The van der Waals surface area contributed by atoms with Crippen LogP contribution in [0.15, 0.2) is 36.4 Å². The molecule has 5 nitrogen and oxygen atoms in total. The second-order valence-corrected chi connectivity index (χ2v) is 7.93. The van der Waals surface area contributed by atoms with Crippen LogP contribution in [0.4, 0.5) is 0 Å². The normalized spacial score (nSPS) is 15.1. The molecule has 2 aromatic rings. The number of nitrogens with one attached hydrogen (secondary N) is 1. The Balaban J connectivity index is 1.55. The van der Waals surface area contributed by atoms with Crippen molar-refractivity contribution in [3.05, 3.63) is 57.3 Å². The summed E-state index contributed by atoms with van der Waals surface area (Å²) in [6.07, 6.45) is 5.24. The van der Waals surface area contributed by atoms with Crippen LogP contribution in [0.5, 0.6) is 0 Å². The number of methoxy groups -OCH3 is 1. The molecule has 1 saturated heterocycles. The number of hydrogen-bond donors (Lipinski definition) is 1. The van der Waals surface area contributed by atoms with Crippen molar-refractivity contribution in [1.82, 2.24) is 10.2 Å². The highest BCUT2D eigenvalue weighted by Gasteiger charge is 2.14. The molecule has 144 valence electrons. The number of likely N-dealkylation sites (tertiary alicyclic amines) is 1. The van der Waals surface area contributed by atoms with Crippen molar-refractivity contribution in [1.29, 1.82) is 0 Å². The van der Waals surface area contributed by atoms with E-state index in [1.165, 1.54) is 51.4 Å². The molecule has 1 amide bonds. The van der Waals surface area contributed by atoms with Gasteiger partial charge in [-0.2, -0.15) is 0 Å². The van der Waals surface area contributed by atoms with Crippen molar-refractivity contribution < 1.29 is 14.3 Å². The molecule has 1 fully saturated rings. The van der Waals surface area contributed by atoms with Crippen LogP contribution < -0.4 is 5.32 Å². The van der Waals surface area contributed by atoms with Gasteiger partial charge in [0.2, 0.25) is 0 Å². The molecular formula is C21H26N2O3S. The van der Waals surface area contributed by atoms with Gasteiger partial charge in [-0.1, -0.05) is 37.1 Å². The Morgan fingerprint density at radius 2 is 1.74 bits per heavy atom. The van der Waals surface area contributed by atoms with Gasteiger partial charge in [-0.05, 0) is 49.2 Å². The predicted octanol–water partition coefficient (Wildman–Crippen LogP) is 3.84. The van der Waals surface area contributed by atoms with Gasteiger partial charge in [-0.15, -0.1) is 11.3 Å². The minimum atomic E-state index is -0.416. The zero-order chi connectivity index (χ0) is 19.1. The van der Waals surface area contributed by atoms with Gasteiger partial charge in [0, 0.05) is 13.1 Å². The molecule has 0 atom stereocenters. The molecule has 0 saturated carbocycles. The number of rotatable bonds is 6. The molecule has 0 bridgehead atoms. The van der Waals surface area contributed by atoms with E-state index in [1.54, 1.807) is 12.1 Å².